The van der Waals surface area contributed by atoms with Crippen molar-refractivity contribution >= 4 is 23.5 Å². The maximum absolute atomic E-state index is 13.6. The third-order valence-electron chi connectivity index (χ3n) is 6.23. The van der Waals surface area contributed by atoms with E-state index in [4.69, 9.17) is 0 Å². The van der Waals surface area contributed by atoms with Crippen LogP contribution in [0.25, 0.3) is 0 Å². The van der Waals surface area contributed by atoms with Gasteiger partial charge in [-0.2, -0.15) is 13.2 Å². The second kappa shape index (κ2) is 9.63. The van der Waals surface area contributed by atoms with Crippen LogP contribution in [0.3, 0.4) is 0 Å². The number of carbonyl (C=O) groups is 3. The highest BCUT2D eigenvalue weighted by Crippen LogP contribution is 2.33. The molecule has 0 unspecified atom stereocenters. The summed E-state index contributed by atoms with van der Waals surface area (Å²) >= 11 is 0. The van der Waals surface area contributed by atoms with Crippen LogP contribution in [0.5, 0.6) is 0 Å². The van der Waals surface area contributed by atoms with Gasteiger partial charge in [-0.15, -0.1) is 0 Å². The Morgan fingerprint density at radius 2 is 1.69 bits per heavy atom. The fourth-order valence-corrected chi connectivity index (χ4v) is 4.32. The number of carbonyl (C=O) groups excluding carboxylic acids is 3. The van der Waals surface area contributed by atoms with Crippen LogP contribution in [0.1, 0.15) is 62.8 Å². The second-order valence-corrected chi connectivity index (χ2v) is 8.52. The van der Waals surface area contributed by atoms with E-state index >= 15 is 0 Å². The number of benzene rings is 1. The standard InChI is InChI=1S/C24H24F4N4O3/c1-2-3-4-7-32-22(34)16-13-20(29-14-18(16)23(32)35)30-8-10-31(11-9-30)21(33)17-12-15(25)5-6-19(17)24(26,27)28/h5-6,12-14H,2-4,7-11H2,1H3. The summed E-state index contributed by atoms with van der Waals surface area (Å²) in [6, 6.07) is 3.39. The Kier molecular flexibility index (Phi) is 6.77. The predicted octanol–water partition coefficient (Wildman–Crippen LogP) is 3.99. The number of alkyl halides is 3. The van der Waals surface area contributed by atoms with Gasteiger partial charge in [-0.1, -0.05) is 19.8 Å². The molecule has 0 aliphatic carbocycles. The molecule has 4 rings (SSSR count). The van der Waals surface area contributed by atoms with Gasteiger partial charge < -0.3 is 9.80 Å². The number of fused-ring (bicyclic) bond motifs is 1. The molecule has 0 atom stereocenters. The smallest absolute Gasteiger partial charge is 0.353 e. The number of hydrogen-bond donors (Lipinski definition) is 0. The summed E-state index contributed by atoms with van der Waals surface area (Å²) in [4.78, 5) is 46.6. The van der Waals surface area contributed by atoms with E-state index in [9.17, 15) is 31.9 Å². The number of nitrogens with zero attached hydrogens (tertiary/aromatic N) is 4. The molecule has 35 heavy (non-hydrogen) atoms. The normalized spacial score (nSPS) is 16.2. The number of rotatable bonds is 6. The summed E-state index contributed by atoms with van der Waals surface area (Å²) in [5.41, 5.74) is -1.40. The van der Waals surface area contributed by atoms with Crippen molar-refractivity contribution < 1.29 is 31.9 Å². The van der Waals surface area contributed by atoms with E-state index in [1.54, 1.807) is 11.0 Å². The Hall–Kier alpha value is -3.50. The summed E-state index contributed by atoms with van der Waals surface area (Å²) in [6.07, 6.45) is -0.840. The van der Waals surface area contributed by atoms with Crippen LogP contribution in [0, 0.1) is 5.82 Å². The van der Waals surface area contributed by atoms with Gasteiger partial charge in [-0.25, -0.2) is 9.37 Å². The summed E-state index contributed by atoms with van der Waals surface area (Å²) in [5, 5.41) is 0. The monoisotopic (exact) mass is 492 g/mol. The van der Waals surface area contributed by atoms with E-state index in [2.05, 4.69) is 4.98 Å². The molecule has 0 radical (unpaired) electrons. The predicted molar refractivity (Wildman–Crippen MR) is 119 cm³/mol. The van der Waals surface area contributed by atoms with Gasteiger partial charge in [0.05, 0.1) is 22.3 Å². The molecule has 1 aromatic carbocycles. The van der Waals surface area contributed by atoms with E-state index in [1.807, 2.05) is 6.92 Å². The SMILES string of the molecule is CCCCCN1C(=O)c2cnc(N3CCN(C(=O)c4cc(F)ccc4C(F)(F)F)CC3)cc2C1=O. The number of hydrogen-bond acceptors (Lipinski definition) is 5. The molecule has 0 saturated carbocycles. The fourth-order valence-electron chi connectivity index (χ4n) is 4.32. The largest absolute Gasteiger partial charge is 0.417 e. The number of unbranched alkanes of at least 4 members (excludes halogenated alkanes) is 2. The number of anilines is 1. The molecule has 11 heteroatoms. The molecule has 1 aromatic heterocycles. The average molecular weight is 492 g/mol. The molecule has 7 nitrogen and oxygen atoms in total. The van der Waals surface area contributed by atoms with Crippen molar-refractivity contribution in [2.45, 2.75) is 32.4 Å². The van der Waals surface area contributed by atoms with E-state index in [0.717, 1.165) is 19.3 Å². The van der Waals surface area contributed by atoms with Gasteiger partial charge >= 0.3 is 6.18 Å². The van der Waals surface area contributed by atoms with Crippen molar-refractivity contribution in [3.63, 3.8) is 0 Å². The highest BCUT2D eigenvalue weighted by molar-refractivity contribution is 6.21. The second-order valence-electron chi connectivity index (χ2n) is 8.52. The molecule has 1 saturated heterocycles. The van der Waals surface area contributed by atoms with Crippen molar-refractivity contribution in [1.82, 2.24) is 14.8 Å². The van der Waals surface area contributed by atoms with Crippen LogP contribution in [0.15, 0.2) is 30.5 Å². The van der Waals surface area contributed by atoms with E-state index in [-0.39, 0.29) is 49.1 Å². The van der Waals surface area contributed by atoms with Gasteiger partial charge in [0.1, 0.15) is 11.6 Å². The molecule has 0 bridgehead atoms. The molecule has 0 N–H and O–H groups in total. The van der Waals surface area contributed by atoms with Crippen LogP contribution in [-0.2, 0) is 6.18 Å². The third kappa shape index (κ3) is 4.85. The Labute approximate surface area is 199 Å². The minimum Gasteiger partial charge on any atom is -0.353 e. The van der Waals surface area contributed by atoms with Gasteiger partial charge in [0.25, 0.3) is 17.7 Å². The van der Waals surface area contributed by atoms with E-state index in [1.165, 1.54) is 16.0 Å². The van der Waals surface area contributed by atoms with Crippen molar-refractivity contribution in [3.8, 4) is 0 Å². The van der Waals surface area contributed by atoms with Crippen molar-refractivity contribution in [3.05, 3.63) is 58.5 Å². The lowest BCUT2D eigenvalue weighted by atomic mass is 10.0. The van der Waals surface area contributed by atoms with Gasteiger partial charge in [-0.05, 0) is 30.7 Å². The van der Waals surface area contributed by atoms with Crippen molar-refractivity contribution in [2.75, 3.05) is 37.6 Å². The molecule has 3 heterocycles. The number of amides is 3. The molecular weight excluding hydrogens is 468 g/mol. The summed E-state index contributed by atoms with van der Waals surface area (Å²) < 4.78 is 53.5. The first-order valence-electron chi connectivity index (χ1n) is 11.4. The highest BCUT2D eigenvalue weighted by atomic mass is 19.4. The number of pyridine rings is 1. The van der Waals surface area contributed by atoms with Crippen LogP contribution >= 0.6 is 0 Å². The van der Waals surface area contributed by atoms with Gasteiger partial charge in [0.2, 0.25) is 0 Å². The lowest BCUT2D eigenvalue weighted by Gasteiger charge is -2.35. The van der Waals surface area contributed by atoms with Gasteiger partial charge in [-0.3, -0.25) is 19.3 Å². The average Bonchev–Trinajstić information content (AvgIpc) is 3.07. The zero-order valence-corrected chi connectivity index (χ0v) is 19.1. The number of halogens is 4. The topological polar surface area (TPSA) is 73.8 Å². The summed E-state index contributed by atoms with van der Waals surface area (Å²) in [5.74, 6) is -2.13. The Morgan fingerprint density at radius 1 is 1.00 bits per heavy atom. The first-order chi connectivity index (χ1) is 16.6. The molecule has 2 aliphatic heterocycles. The number of piperazine rings is 1. The van der Waals surface area contributed by atoms with Crippen LogP contribution in [-0.4, -0.2) is 65.2 Å². The first kappa shape index (κ1) is 24.6. The molecular formula is C24H24F4N4O3. The molecule has 2 aromatic rings. The zero-order chi connectivity index (χ0) is 25.3. The Bertz CT molecular complexity index is 1160. The Morgan fingerprint density at radius 3 is 2.34 bits per heavy atom. The lowest BCUT2D eigenvalue weighted by Crippen LogP contribution is -2.49. The molecule has 0 spiro atoms. The maximum atomic E-state index is 13.6. The fraction of sp³-hybridized carbons (Fsp3) is 0.417. The Balaban J connectivity index is 1.46. The van der Waals surface area contributed by atoms with Gasteiger partial charge in [0.15, 0.2) is 0 Å². The minimum absolute atomic E-state index is 0.0848. The summed E-state index contributed by atoms with van der Waals surface area (Å²) in [7, 11) is 0. The van der Waals surface area contributed by atoms with E-state index < -0.39 is 29.0 Å². The van der Waals surface area contributed by atoms with Gasteiger partial charge in [0, 0.05) is 38.9 Å². The zero-order valence-electron chi connectivity index (χ0n) is 19.1. The number of aromatic nitrogens is 1. The maximum Gasteiger partial charge on any atom is 0.417 e. The summed E-state index contributed by atoms with van der Waals surface area (Å²) in [6.45, 7) is 3.03. The van der Waals surface area contributed by atoms with Crippen LogP contribution < -0.4 is 4.90 Å². The first-order valence-corrected chi connectivity index (χ1v) is 11.4. The third-order valence-corrected chi connectivity index (χ3v) is 6.23. The van der Waals surface area contributed by atoms with Crippen LogP contribution in [0.4, 0.5) is 23.4 Å². The lowest BCUT2D eigenvalue weighted by molar-refractivity contribution is -0.138. The van der Waals surface area contributed by atoms with Crippen LogP contribution in [0.2, 0.25) is 0 Å². The highest BCUT2D eigenvalue weighted by Gasteiger charge is 2.38. The number of imide groups is 1. The van der Waals surface area contributed by atoms with Crippen molar-refractivity contribution in [2.24, 2.45) is 0 Å². The van der Waals surface area contributed by atoms with Crippen molar-refractivity contribution in [1.29, 1.82) is 0 Å². The molecule has 2 aliphatic rings. The minimum atomic E-state index is -4.79. The molecule has 1 fully saturated rings. The molecule has 3 amide bonds. The molecule has 186 valence electrons. The quantitative estimate of drug-likeness (QED) is 0.347. The van der Waals surface area contributed by atoms with E-state index in [0.29, 0.717) is 30.6 Å².